The van der Waals surface area contributed by atoms with Crippen LogP contribution in [-0.4, -0.2) is 31.1 Å². The van der Waals surface area contributed by atoms with Gasteiger partial charge in [-0.2, -0.15) is 0 Å². The Morgan fingerprint density at radius 2 is 1.82 bits per heavy atom. The lowest BCUT2D eigenvalue weighted by Gasteiger charge is -2.36. The van der Waals surface area contributed by atoms with Crippen LogP contribution < -0.4 is 5.11 Å². The quantitative estimate of drug-likeness (QED) is 0.379. The molecule has 1 fully saturated rings. The second kappa shape index (κ2) is 9.13. The average Bonchev–Trinajstić information content (AvgIpc) is 3.01. The first-order valence-corrected chi connectivity index (χ1v) is 9.52. The van der Waals surface area contributed by atoms with E-state index in [4.69, 9.17) is 9.47 Å². The van der Waals surface area contributed by atoms with Crippen LogP contribution in [0.4, 0.5) is 0 Å². The molecular weight excluding hydrogens is 356 g/mol. The minimum atomic E-state index is -1.33. The first-order chi connectivity index (χ1) is 13.5. The van der Waals surface area contributed by atoms with Gasteiger partial charge in [-0.15, -0.1) is 6.10 Å². The van der Waals surface area contributed by atoms with Gasteiger partial charge in [-0.3, -0.25) is 9.59 Å². The van der Waals surface area contributed by atoms with E-state index >= 15 is 0 Å². The number of rotatable bonds is 9. The highest BCUT2D eigenvalue weighted by Gasteiger charge is 2.47. The number of hydrogen-bond donors (Lipinski definition) is 0. The van der Waals surface area contributed by atoms with Crippen LogP contribution in [0.3, 0.4) is 0 Å². The van der Waals surface area contributed by atoms with Gasteiger partial charge in [0, 0.05) is 17.6 Å². The minimum absolute atomic E-state index is 0.184. The Balaban J connectivity index is 1.57. The van der Waals surface area contributed by atoms with E-state index in [0.29, 0.717) is 25.2 Å². The summed E-state index contributed by atoms with van der Waals surface area (Å²) in [6.07, 6.45) is -1.03. The summed E-state index contributed by atoms with van der Waals surface area (Å²) in [7, 11) is 0. The third-order valence-corrected chi connectivity index (χ3v) is 5.33. The fourth-order valence-corrected chi connectivity index (χ4v) is 3.64. The smallest absolute Gasteiger partial charge is 0.308 e. The van der Waals surface area contributed by atoms with Crippen molar-refractivity contribution in [2.45, 2.75) is 32.5 Å². The van der Waals surface area contributed by atoms with Crippen molar-refractivity contribution in [3.05, 3.63) is 71.8 Å². The molecular formula is C23H25O5-. The Morgan fingerprint density at radius 3 is 2.50 bits per heavy atom. The second-order valence-corrected chi connectivity index (χ2v) is 7.56. The van der Waals surface area contributed by atoms with Gasteiger partial charge in [-0.05, 0) is 18.4 Å². The third kappa shape index (κ3) is 4.86. The van der Waals surface area contributed by atoms with Crippen LogP contribution >= 0.6 is 0 Å². The van der Waals surface area contributed by atoms with Crippen LogP contribution in [0, 0.1) is 11.3 Å². The monoisotopic (exact) mass is 381 g/mol. The molecule has 1 aliphatic rings. The second-order valence-electron chi connectivity index (χ2n) is 7.56. The third-order valence-electron chi connectivity index (χ3n) is 5.33. The van der Waals surface area contributed by atoms with Gasteiger partial charge in [0.25, 0.3) is 0 Å². The molecule has 0 aromatic heterocycles. The normalized spacial score (nSPS) is 22.6. The number of ether oxygens (including phenoxy) is 2. The Morgan fingerprint density at radius 1 is 1.18 bits per heavy atom. The molecule has 0 spiro atoms. The standard InChI is InChI=1S/C23H25O5/c1-23(12-13-27-15-17-8-4-2-5-9-17)16-28-22(26)21(23)20(25)14-19(24)18-10-6-3-7-11-18/h2-11,20-21H,12-16H2,1H3/q-1/t20?,21?,23-/m0/s1. The topological polar surface area (TPSA) is 75.7 Å². The van der Waals surface area contributed by atoms with Crippen LogP contribution in [-0.2, 0) is 20.9 Å². The van der Waals surface area contributed by atoms with Gasteiger partial charge >= 0.3 is 5.97 Å². The van der Waals surface area contributed by atoms with Crippen LogP contribution in [0.2, 0.25) is 0 Å². The summed E-state index contributed by atoms with van der Waals surface area (Å²) in [6.45, 7) is 2.94. The van der Waals surface area contributed by atoms with Crippen LogP contribution in [0.5, 0.6) is 0 Å². The van der Waals surface area contributed by atoms with E-state index in [2.05, 4.69) is 0 Å². The number of ketones is 1. The Labute approximate surface area is 165 Å². The first kappa shape index (κ1) is 20.2. The number of benzene rings is 2. The van der Waals surface area contributed by atoms with Crippen molar-refractivity contribution in [3.8, 4) is 0 Å². The van der Waals surface area contributed by atoms with Crippen molar-refractivity contribution >= 4 is 11.8 Å². The summed E-state index contributed by atoms with van der Waals surface area (Å²) in [5.41, 5.74) is 0.928. The van der Waals surface area contributed by atoms with E-state index in [-0.39, 0.29) is 18.8 Å². The molecule has 2 unspecified atom stereocenters. The molecule has 1 saturated heterocycles. The van der Waals surface area contributed by atoms with Gasteiger partial charge in [0.1, 0.15) is 0 Å². The van der Waals surface area contributed by atoms with Crippen LogP contribution in [0.15, 0.2) is 60.7 Å². The van der Waals surface area contributed by atoms with Crippen molar-refractivity contribution in [2.75, 3.05) is 13.2 Å². The largest absolute Gasteiger partial charge is 0.851 e. The molecule has 0 N–H and O–H groups in total. The fourth-order valence-electron chi connectivity index (χ4n) is 3.64. The number of esters is 1. The van der Waals surface area contributed by atoms with Crippen molar-refractivity contribution in [1.82, 2.24) is 0 Å². The summed E-state index contributed by atoms with van der Waals surface area (Å²) in [4.78, 5) is 24.6. The highest BCUT2D eigenvalue weighted by Crippen LogP contribution is 2.40. The molecule has 28 heavy (non-hydrogen) atoms. The molecule has 3 atom stereocenters. The number of cyclic esters (lactones) is 1. The van der Waals surface area contributed by atoms with E-state index in [9.17, 15) is 14.7 Å². The van der Waals surface area contributed by atoms with Crippen molar-refractivity contribution in [3.63, 3.8) is 0 Å². The molecule has 3 rings (SSSR count). The summed E-state index contributed by atoms with van der Waals surface area (Å²) >= 11 is 0. The SMILES string of the molecule is C[C@]1(CCOCc2ccccc2)COC(=O)C1C([O-])CC(=O)c1ccccc1. The van der Waals surface area contributed by atoms with E-state index in [0.717, 1.165) is 5.56 Å². The maximum Gasteiger partial charge on any atom is 0.308 e. The van der Waals surface area contributed by atoms with Gasteiger partial charge in [0.05, 0.1) is 19.1 Å². The van der Waals surface area contributed by atoms with Gasteiger partial charge in [0.2, 0.25) is 0 Å². The van der Waals surface area contributed by atoms with E-state index < -0.39 is 23.4 Å². The molecule has 0 aliphatic carbocycles. The van der Waals surface area contributed by atoms with Crippen molar-refractivity contribution in [1.29, 1.82) is 0 Å². The molecule has 0 bridgehead atoms. The number of carbonyl (C=O) groups excluding carboxylic acids is 2. The molecule has 2 aromatic carbocycles. The van der Waals surface area contributed by atoms with Crippen LogP contribution in [0.25, 0.3) is 0 Å². The maximum absolute atomic E-state index is 12.8. The summed E-state index contributed by atoms with van der Waals surface area (Å²) < 4.78 is 10.9. The van der Waals surface area contributed by atoms with Gasteiger partial charge < -0.3 is 14.6 Å². The molecule has 0 radical (unpaired) electrons. The molecule has 0 amide bonds. The lowest BCUT2D eigenvalue weighted by atomic mass is 9.73. The van der Waals surface area contributed by atoms with Gasteiger partial charge in [0.15, 0.2) is 5.78 Å². The van der Waals surface area contributed by atoms with E-state index in [1.165, 1.54) is 0 Å². The predicted octanol–water partition coefficient (Wildman–Crippen LogP) is 2.77. The number of hydrogen-bond acceptors (Lipinski definition) is 5. The van der Waals surface area contributed by atoms with Gasteiger partial charge in [-0.25, -0.2) is 0 Å². The summed E-state index contributed by atoms with van der Waals surface area (Å²) in [5.74, 6) is -1.60. The van der Waals surface area contributed by atoms with Crippen molar-refractivity contribution in [2.24, 2.45) is 11.3 Å². The number of carbonyl (C=O) groups is 2. The fraction of sp³-hybridized carbons (Fsp3) is 0.391. The van der Waals surface area contributed by atoms with E-state index in [1.807, 2.05) is 43.3 Å². The summed E-state index contributed by atoms with van der Waals surface area (Å²) in [6, 6.07) is 18.5. The molecule has 2 aromatic rings. The molecule has 0 saturated carbocycles. The Bertz CT molecular complexity index is 789. The zero-order valence-corrected chi connectivity index (χ0v) is 16.0. The van der Waals surface area contributed by atoms with Crippen LogP contribution in [0.1, 0.15) is 35.7 Å². The number of Topliss-reactive ketones (excluding diaryl/α,β-unsaturated/α-hetero) is 1. The Hall–Kier alpha value is -2.50. The molecule has 148 valence electrons. The first-order valence-electron chi connectivity index (χ1n) is 9.52. The van der Waals surface area contributed by atoms with E-state index in [1.54, 1.807) is 24.3 Å². The highest BCUT2D eigenvalue weighted by molar-refractivity contribution is 5.96. The zero-order chi connectivity index (χ0) is 20.0. The molecule has 5 nitrogen and oxygen atoms in total. The zero-order valence-electron chi connectivity index (χ0n) is 16.0. The lowest BCUT2D eigenvalue weighted by Crippen LogP contribution is -2.46. The maximum atomic E-state index is 12.8. The average molecular weight is 381 g/mol. The lowest BCUT2D eigenvalue weighted by molar-refractivity contribution is -0.432. The molecule has 1 heterocycles. The van der Waals surface area contributed by atoms with Crippen molar-refractivity contribution < 1.29 is 24.2 Å². The summed E-state index contributed by atoms with van der Waals surface area (Å²) in [5, 5.41) is 12.8. The van der Waals surface area contributed by atoms with Gasteiger partial charge in [-0.1, -0.05) is 67.6 Å². The minimum Gasteiger partial charge on any atom is -0.851 e. The predicted molar refractivity (Wildman–Crippen MR) is 102 cm³/mol. The molecule has 5 heteroatoms. The Kier molecular flexibility index (Phi) is 6.60. The highest BCUT2D eigenvalue weighted by atomic mass is 16.5. The molecule has 1 aliphatic heterocycles.